The van der Waals surface area contributed by atoms with Crippen LogP contribution < -0.4 is 0 Å². The Hall–Kier alpha value is -1.32. The molecule has 8 rings (SSSR count). The van der Waals surface area contributed by atoms with Gasteiger partial charge in [0.05, 0.1) is 0 Å². The van der Waals surface area contributed by atoms with Gasteiger partial charge in [0.25, 0.3) is 0 Å². The predicted molar refractivity (Wildman–Crippen MR) is 121 cm³/mol. The quantitative estimate of drug-likeness (QED) is 0.407. The Bertz CT molecular complexity index is 777. The first-order chi connectivity index (χ1) is 15.0. The van der Waals surface area contributed by atoms with E-state index in [1.54, 1.807) is 0 Å². The maximum absolute atomic E-state index is 12.9. The summed E-state index contributed by atoms with van der Waals surface area (Å²) in [7, 11) is 0. The van der Waals surface area contributed by atoms with Crippen molar-refractivity contribution < 1.29 is 19.1 Å². The third-order valence-electron chi connectivity index (χ3n) is 11.7. The van der Waals surface area contributed by atoms with E-state index in [2.05, 4.69) is 27.7 Å². The third-order valence-corrected chi connectivity index (χ3v) is 11.7. The van der Waals surface area contributed by atoms with Gasteiger partial charge in [0.15, 0.2) is 0 Å². The van der Waals surface area contributed by atoms with Crippen LogP contribution in [0.4, 0.5) is 0 Å². The maximum atomic E-state index is 12.9. The smallest absolute Gasteiger partial charge is 0.331 e. The van der Waals surface area contributed by atoms with E-state index in [0.29, 0.717) is 11.8 Å². The Labute approximate surface area is 192 Å². The van der Waals surface area contributed by atoms with E-state index in [-0.39, 0.29) is 22.8 Å². The van der Waals surface area contributed by atoms with E-state index in [4.69, 9.17) is 9.47 Å². The topological polar surface area (TPSA) is 52.6 Å². The van der Waals surface area contributed by atoms with Gasteiger partial charge in [-0.15, -0.1) is 0 Å². The molecule has 8 fully saturated rings. The molecule has 176 valence electrons. The zero-order valence-electron chi connectivity index (χ0n) is 20.3. The van der Waals surface area contributed by atoms with E-state index in [1.165, 1.54) is 50.7 Å². The van der Waals surface area contributed by atoms with Crippen molar-refractivity contribution >= 4 is 11.9 Å². The Morgan fingerprint density at radius 2 is 0.906 bits per heavy atom. The summed E-state index contributed by atoms with van der Waals surface area (Å²) in [5.74, 6) is 3.34. The first-order valence-electron chi connectivity index (χ1n) is 13.2. The van der Waals surface area contributed by atoms with Gasteiger partial charge < -0.3 is 9.47 Å². The summed E-state index contributed by atoms with van der Waals surface area (Å²) in [5, 5.41) is 0. The number of ether oxygens (including phenoxy) is 2. The second-order valence-electron chi connectivity index (χ2n) is 13.6. The largest absolute Gasteiger partial charge is 0.455 e. The lowest BCUT2D eigenvalue weighted by Crippen LogP contribution is -2.63. The first kappa shape index (κ1) is 21.2. The summed E-state index contributed by atoms with van der Waals surface area (Å²) in [4.78, 5) is 25.7. The minimum absolute atomic E-state index is 0.0637. The molecule has 8 aliphatic rings. The fraction of sp³-hybridized carbons (Fsp3) is 0.857. The van der Waals surface area contributed by atoms with Crippen LogP contribution in [-0.2, 0) is 19.1 Å². The van der Waals surface area contributed by atoms with Crippen molar-refractivity contribution in [1.82, 2.24) is 0 Å². The van der Waals surface area contributed by atoms with Gasteiger partial charge >= 0.3 is 11.9 Å². The highest BCUT2D eigenvalue weighted by Gasteiger charge is 2.64. The zero-order valence-corrected chi connectivity index (χ0v) is 20.3. The van der Waals surface area contributed by atoms with Crippen LogP contribution in [0.1, 0.15) is 91.9 Å². The molecule has 0 aromatic rings. The van der Waals surface area contributed by atoms with Crippen LogP contribution in [0.2, 0.25) is 0 Å². The molecule has 0 radical (unpaired) electrons. The number of rotatable bonds is 4. The van der Waals surface area contributed by atoms with Crippen LogP contribution >= 0.6 is 0 Å². The van der Waals surface area contributed by atoms with E-state index in [1.807, 2.05) is 0 Å². The Balaban J connectivity index is 1.13. The standard InChI is InChI=1S/C28H40O4/c1-25-13-17-7-18(14-25)10-21(9-17)27(25,3)31-23(29)5-6-24(30)32-28(4)22-11-19-8-20(12-22)16-26(28,2)15-19/h5-6,17-22H,7-16H2,1-4H3. The third kappa shape index (κ3) is 2.86. The summed E-state index contributed by atoms with van der Waals surface area (Å²) in [6.45, 7) is 8.93. The lowest BCUT2D eigenvalue weighted by atomic mass is 9.44. The van der Waals surface area contributed by atoms with E-state index < -0.39 is 11.2 Å². The van der Waals surface area contributed by atoms with Gasteiger partial charge in [0.2, 0.25) is 0 Å². The summed E-state index contributed by atoms with van der Waals surface area (Å²) in [6.07, 6.45) is 14.8. The molecular weight excluding hydrogens is 400 g/mol. The van der Waals surface area contributed by atoms with Crippen molar-refractivity contribution in [1.29, 1.82) is 0 Å². The average Bonchev–Trinajstić information content (AvgIpc) is 2.68. The van der Waals surface area contributed by atoms with Crippen LogP contribution in [0.3, 0.4) is 0 Å². The van der Waals surface area contributed by atoms with Crippen LogP contribution in [0.15, 0.2) is 12.2 Å². The van der Waals surface area contributed by atoms with E-state index in [9.17, 15) is 9.59 Å². The van der Waals surface area contributed by atoms with Gasteiger partial charge in [-0.2, -0.15) is 0 Å². The zero-order chi connectivity index (χ0) is 22.5. The van der Waals surface area contributed by atoms with Gasteiger partial charge in [-0.05, 0) is 114 Å². The number of carbonyl (C=O) groups excluding carboxylic acids is 2. The summed E-state index contributed by atoms with van der Waals surface area (Å²) < 4.78 is 12.3. The molecule has 6 atom stereocenters. The molecule has 0 aliphatic heterocycles. The van der Waals surface area contributed by atoms with E-state index >= 15 is 0 Å². The van der Waals surface area contributed by atoms with Crippen molar-refractivity contribution in [2.24, 2.45) is 46.3 Å². The highest BCUT2D eigenvalue weighted by Crippen LogP contribution is 2.66. The minimum atomic E-state index is -0.424. The SMILES string of the molecule is CC12CC3CC(CC(C3)C1(C)OC(=O)C=CC(=O)OC1(C)C3CC4CC(C3)CC1(C)C4)C2. The molecule has 4 heteroatoms. The molecule has 8 saturated carbocycles. The summed E-state index contributed by atoms with van der Waals surface area (Å²) >= 11 is 0. The van der Waals surface area contributed by atoms with Crippen molar-refractivity contribution in [3.63, 3.8) is 0 Å². The highest BCUT2D eigenvalue weighted by atomic mass is 16.6. The monoisotopic (exact) mass is 440 g/mol. The molecule has 8 bridgehead atoms. The summed E-state index contributed by atoms with van der Waals surface area (Å²) in [5.41, 5.74) is -0.721. The molecule has 32 heavy (non-hydrogen) atoms. The van der Waals surface area contributed by atoms with Gasteiger partial charge in [-0.1, -0.05) is 13.8 Å². The van der Waals surface area contributed by atoms with Crippen molar-refractivity contribution in [2.75, 3.05) is 0 Å². The minimum Gasteiger partial charge on any atom is -0.455 e. The second kappa shape index (κ2) is 6.63. The number of hydrogen-bond donors (Lipinski definition) is 0. The predicted octanol–water partition coefficient (Wildman–Crippen LogP) is 5.84. The lowest BCUT2D eigenvalue weighted by molar-refractivity contribution is -0.232. The van der Waals surface area contributed by atoms with Crippen molar-refractivity contribution in [3.8, 4) is 0 Å². The molecule has 0 amide bonds. The fourth-order valence-electron chi connectivity index (χ4n) is 10.2. The second-order valence-corrected chi connectivity index (χ2v) is 13.6. The van der Waals surface area contributed by atoms with Crippen molar-refractivity contribution in [3.05, 3.63) is 12.2 Å². The Morgan fingerprint density at radius 1 is 0.594 bits per heavy atom. The number of hydrogen-bond acceptors (Lipinski definition) is 4. The molecule has 0 aromatic carbocycles. The first-order valence-corrected chi connectivity index (χ1v) is 13.2. The normalized spacial score (nSPS) is 54.9. The maximum Gasteiger partial charge on any atom is 0.331 e. The molecule has 4 nitrogen and oxygen atoms in total. The molecular formula is C28H40O4. The van der Waals surface area contributed by atoms with Gasteiger partial charge in [-0.3, -0.25) is 0 Å². The van der Waals surface area contributed by atoms with Crippen molar-refractivity contribution in [2.45, 2.75) is 103 Å². The molecule has 0 heterocycles. The van der Waals surface area contributed by atoms with E-state index in [0.717, 1.165) is 49.4 Å². The molecule has 6 unspecified atom stereocenters. The molecule has 0 aromatic heterocycles. The van der Waals surface area contributed by atoms with Gasteiger partial charge in [0, 0.05) is 23.0 Å². The number of carbonyl (C=O) groups is 2. The number of esters is 2. The van der Waals surface area contributed by atoms with Crippen LogP contribution in [0.5, 0.6) is 0 Å². The Morgan fingerprint density at radius 3 is 1.19 bits per heavy atom. The average molecular weight is 441 g/mol. The summed E-state index contributed by atoms with van der Waals surface area (Å²) in [6, 6.07) is 0. The molecule has 8 aliphatic carbocycles. The molecule has 0 N–H and O–H groups in total. The lowest BCUT2D eigenvalue weighted by Gasteiger charge is -2.64. The molecule has 0 spiro atoms. The van der Waals surface area contributed by atoms with Crippen LogP contribution in [0.25, 0.3) is 0 Å². The van der Waals surface area contributed by atoms with Crippen LogP contribution in [0, 0.1) is 46.3 Å². The molecule has 0 saturated heterocycles. The highest BCUT2D eigenvalue weighted by molar-refractivity contribution is 5.92. The van der Waals surface area contributed by atoms with Gasteiger partial charge in [-0.25, -0.2) is 9.59 Å². The fourth-order valence-corrected chi connectivity index (χ4v) is 10.2. The Kier molecular flexibility index (Phi) is 4.40. The van der Waals surface area contributed by atoms with Crippen LogP contribution in [-0.4, -0.2) is 23.1 Å². The van der Waals surface area contributed by atoms with Gasteiger partial charge in [0.1, 0.15) is 11.2 Å².